The Balaban J connectivity index is 1.46. The average molecular weight is 403 g/mol. The highest BCUT2D eigenvalue weighted by molar-refractivity contribution is 7.91. The molecule has 1 aromatic carbocycles. The molecule has 0 unspecified atom stereocenters. The molecule has 0 amide bonds. The van der Waals surface area contributed by atoms with Crippen molar-refractivity contribution >= 4 is 20.7 Å². The molecule has 2 aromatic rings. The van der Waals surface area contributed by atoms with E-state index in [1.54, 1.807) is 6.92 Å². The molecule has 2 aliphatic rings. The van der Waals surface area contributed by atoms with Gasteiger partial charge in [0.05, 0.1) is 5.75 Å². The van der Waals surface area contributed by atoms with Gasteiger partial charge in [-0.05, 0) is 74.2 Å². The minimum Gasteiger partial charge on any atom is -0.361 e. The molecule has 1 N–H and O–H groups in total. The standard InChI is InChI=1S/C23H34N2O2S/c1-2-28(26,27)13-11-18-9-10-23-22(14-18)20(16-24-23)15-21-8-5-12-25(21)17-19-6-3-4-7-19/h9-10,14,16,19,21,24H,2-8,11-13,15,17H2,1H3/t21-/m1/s1. The molecule has 1 saturated carbocycles. The minimum absolute atomic E-state index is 0.225. The Labute approximate surface area is 169 Å². The van der Waals surface area contributed by atoms with E-state index in [9.17, 15) is 8.42 Å². The van der Waals surface area contributed by atoms with Crippen LogP contribution in [0.2, 0.25) is 0 Å². The molecule has 4 nitrogen and oxygen atoms in total. The van der Waals surface area contributed by atoms with Crippen LogP contribution in [0.4, 0.5) is 0 Å². The van der Waals surface area contributed by atoms with Gasteiger partial charge in [-0.2, -0.15) is 0 Å². The van der Waals surface area contributed by atoms with Gasteiger partial charge < -0.3 is 4.98 Å². The highest BCUT2D eigenvalue weighted by atomic mass is 32.2. The van der Waals surface area contributed by atoms with E-state index in [-0.39, 0.29) is 11.5 Å². The predicted octanol–water partition coefficient (Wildman–Crippen LogP) is 4.34. The van der Waals surface area contributed by atoms with Crippen molar-refractivity contribution in [1.82, 2.24) is 9.88 Å². The van der Waals surface area contributed by atoms with E-state index in [4.69, 9.17) is 0 Å². The number of nitrogens with zero attached hydrogens (tertiary/aromatic N) is 1. The van der Waals surface area contributed by atoms with E-state index in [0.29, 0.717) is 12.5 Å². The lowest BCUT2D eigenvalue weighted by molar-refractivity contribution is 0.214. The predicted molar refractivity (Wildman–Crippen MR) is 117 cm³/mol. The first-order valence-electron chi connectivity index (χ1n) is 11.1. The van der Waals surface area contributed by atoms with Crippen molar-refractivity contribution < 1.29 is 8.42 Å². The largest absolute Gasteiger partial charge is 0.361 e. The van der Waals surface area contributed by atoms with Crippen LogP contribution >= 0.6 is 0 Å². The van der Waals surface area contributed by atoms with Crippen molar-refractivity contribution in [2.45, 2.75) is 64.3 Å². The van der Waals surface area contributed by atoms with Crippen LogP contribution in [0.5, 0.6) is 0 Å². The summed E-state index contributed by atoms with van der Waals surface area (Å²) in [4.78, 5) is 6.17. The summed E-state index contributed by atoms with van der Waals surface area (Å²) in [5.41, 5.74) is 3.68. The summed E-state index contributed by atoms with van der Waals surface area (Å²) in [6.07, 6.45) is 12.2. The van der Waals surface area contributed by atoms with Gasteiger partial charge in [-0.25, -0.2) is 8.42 Å². The van der Waals surface area contributed by atoms with E-state index < -0.39 is 9.84 Å². The molecule has 1 saturated heterocycles. The number of hydrogen-bond acceptors (Lipinski definition) is 3. The maximum absolute atomic E-state index is 11.8. The lowest BCUT2D eigenvalue weighted by Gasteiger charge is -2.27. The van der Waals surface area contributed by atoms with Gasteiger partial charge in [0, 0.05) is 35.4 Å². The van der Waals surface area contributed by atoms with Gasteiger partial charge in [-0.3, -0.25) is 4.90 Å². The maximum Gasteiger partial charge on any atom is 0.150 e. The van der Waals surface area contributed by atoms with Gasteiger partial charge in [0.1, 0.15) is 9.84 Å². The molecule has 1 aliphatic heterocycles. The molecule has 154 valence electrons. The Bertz CT molecular complexity index is 896. The van der Waals surface area contributed by atoms with Crippen molar-refractivity contribution in [3.63, 3.8) is 0 Å². The second-order valence-electron chi connectivity index (χ2n) is 8.83. The zero-order valence-electron chi connectivity index (χ0n) is 17.1. The number of aromatic nitrogens is 1. The second kappa shape index (κ2) is 8.58. The normalized spacial score (nSPS) is 21.8. The first-order valence-corrected chi connectivity index (χ1v) is 12.9. The molecule has 0 spiro atoms. The SMILES string of the molecule is CCS(=O)(=O)CCc1ccc2[nH]cc(C[C@H]3CCCN3CC3CCCC3)c2c1. The van der Waals surface area contributed by atoms with Crippen molar-refractivity contribution in [1.29, 1.82) is 0 Å². The molecular formula is C23H34N2O2S. The Morgan fingerprint density at radius 3 is 2.75 bits per heavy atom. The van der Waals surface area contributed by atoms with Crippen LogP contribution in [0.1, 0.15) is 56.6 Å². The van der Waals surface area contributed by atoms with E-state index in [1.165, 1.54) is 62.6 Å². The van der Waals surface area contributed by atoms with Crippen LogP contribution in [0, 0.1) is 5.92 Å². The Morgan fingerprint density at radius 1 is 1.14 bits per heavy atom. The quantitative estimate of drug-likeness (QED) is 0.714. The first-order chi connectivity index (χ1) is 13.5. The molecule has 2 heterocycles. The summed E-state index contributed by atoms with van der Waals surface area (Å²) < 4.78 is 23.7. The zero-order chi connectivity index (χ0) is 19.6. The third-order valence-corrected chi connectivity index (χ3v) is 8.60. The highest BCUT2D eigenvalue weighted by Crippen LogP contribution is 2.31. The molecule has 0 bridgehead atoms. The molecular weight excluding hydrogens is 368 g/mol. The van der Waals surface area contributed by atoms with Crippen molar-refractivity contribution in [3.05, 3.63) is 35.5 Å². The van der Waals surface area contributed by atoms with Crippen LogP contribution in [-0.2, 0) is 22.7 Å². The van der Waals surface area contributed by atoms with Crippen LogP contribution in [0.15, 0.2) is 24.4 Å². The number of H-pyrrole nitrogens is 1. The lowest BCUT2D eigenvalue weighted by Crippen LogP contribution is -2.34. The number of aryl methyl sites for hydroxylation is 1. The van der Waals surface area contributed by atoms with E-state index in [0.717, 1.165) is 23.4 Å². The lowest BCUT2D eigenvalue weighted by atomic mass is 10.0. The van der Waals surface area contributed by atoms with Gasteiger partial charge in [0.2, 0.25) is 0 Å². The van der Waals surface area contributed by atoms with Gasteiger partial charge >= 0.3 is 0 Å². The Hall–Kier alpha value is -1.33. The highest BCUT2D eigenvalue weighted by Gasteiger charge is 2.28. The van der Waals surface area contributed by atoms with Crippen LogP contribution in [0.25, 0.3) is 10.9 Å². The molecule has 1 aliphatic carbocycles. The summed E-state index contributed by atoms with van der Waals surface area (Å²) in [6.45, 7) is 4.26. The van der Waals surface area contributed by atoms with E-state index in [2.05, 4.69) is 34.3 Å². The summed E-state index contributed by atoms with van der Waals surface area (Å²) >= 11 is 0. The number of hydrogen-bond donors (Lipinski definition) is 1. The number of aromatic amines is 1. The molecule has 4 rings (SSSR count). The molecule has 28 heavy (non-hydrogen) atoms. The molecule has 1 aromatic heterocycles. The number of likely N-dealkylation sites (tertiary alicyclic amines) is 1. The Kier molecular flexibility index (Phi) is 6.12. The van der Waals surface area contributed by atoms with Crippen molar-refractivity contribution in [2.75, 3.05) is 24.6 Å². The fraction of sp³-hybridized carbons (Fsp3) is 0.652. The third-order valence-electron chi connectivity index (χ3n) is 6.90. The van der Waals surface area contributed by atoms with Gasteiger partial charge in [-0.15, -0.1) is 0 Å². The third kappa shape index (κ3) is 4.62. The van der Waals surface area contributed by atoms with E-state index in [1.807, 2.05) is 0 Å². The fourth-order valence-corrected chi connectivity index (χ4v) is 5.95. The topological polar surface area (TPSA) is 53.2 Å². The minimum atomic E-state index is -2.92. The van der Waals surface area contributed by atoms with Crippen LogP contribution in [-0.4, -0.2) is 48.9 Å². The van der Waals surface area contributed by atoms with Crippen LogP contribution in [0.3, 0.4) is 0 Å². The second-order valence-corrected chi connectivity index (χ2v) is 11.3. The van der Waals surface area contributed by atoms with Gasteiger partial charge in [0.25, 0.3) is 0 Å². The monoisotopic (exact) mass is 402 g/mol. The Morgan fingerprint density at radius 2 is 1.96 bits per heavy atom. The average Bonchev–Trinajstić information content (AvgIpc) is 3.44. The number of fused-ring (bicyclic) bond motifs is 1. The summed E-state index contributed by atoms with van der Waals surface area (Å²) in [5, 5.41) is 1.28. The summed E-state index contributed by atoms with van der Waals surface area (Å²) in [6, 6.07) is 7.04. The molecule has 0 radical (unpaired) electrons. The maximum atomic E-state index is 11.8. The van der Waals surface area contributed by atoms with E-state index >= 15 is 0 Å². The number of sulfone groups is 1. The zero-order valence-corrected chi connectivity index (χ0v) is 17.9. The smallest absolute Gasteiger partial charge is 0.150 e. The molecule has 1 atom stereocenters. The number of rotatable bonds is 8. The van der Waals surface area contributed by atoms with Gasteiger partial charge in [-0.1, -0.05) is 25.8 Å². The molecule has 2 fully saturated rings. The summed E-state index contributed by atoms with van der Waals surface area (Å²) in [7, 11) is -2.92. The summed E-state index contributed by atoms with van der Waals surface area (Å²) in [5.74, 6) is 1.38. The van der Waals surface area contributed by atoms with Crippen LogP contribution < -0.4 is 0 Å². The van der Waals surface area contributed by atoms with Gasteiger partial charge in [0.15, 0.2) is 0 Å². The number of nitrogens with one attached hydrogen (secondary N) is 1. The fourth-order valence-electron chi connectivity index (χ4n) is 5.11. The number of benzene rings is 1. The molecule has 5 heteroatoms. The van der Waals surface area contributed by atoms with Crippen molar-refractivity contribution in [3.8, 4) is 0 Å². The first kappa shape index (κ1) is 20.0. The van der Waals surface area contributed by atoms with Crippen molar-refractivity contribution in [2.24, 2.45) is 5.92 Å².